The minimum Gasteiger partial charge on any atom is -0.475 e. The van der Waals surface area contributed by atoms with Gasteiger partial charge in [0.2, 0.25) is 10.0 Å². The SMILES string of the molecule is CCO[C@@H]1CN(S(=O)(=O)c2cccnc2)[C@@H]2CCCO[C@@H]21.O=C(O)C(F)(F)F. The van der Waals surface area contributed by atoms with Crippen LogP contribution < -0.4 is 0 Å². The molecule has 28 heavy (non-hydrogen) atoms. The van der Waals surface area contributed by atoms with Gasteiger partial charge in [-0.15, -0.1) is 0 Å². The molecule has 0 unspecified atom stereocenters. The van der Waals surface area contributed by atoms with Gasteiger partial charge in [-0.25, -0.2) is 13.2 Å². The van der Waals surface area contributed by atoms with Crippen molar-refractivity contribution in [1.29, 1.82) is 0 Å². The van der Waals surface area contributed by atoms with E-state index < -0.39 is 22.2 Å². The predicted molar refractivity (Wildman–Crippen MR) is 90.0 cm³/mol. The first-order chi connectivity index (χ1) is 13.1. The number of sulfonamides is 1. The fourth-order valence-electron chi connectivity index (χ4n) is 3.14. The first-order valence-electron chi connectivity index (χ1n) is 8.54. The van der Waals surface area contributed by atoms with Crippen molar-refractivity contribution in [3.05, 3.63) is 24.5 Å². The van der Waals surface area contributed by atoms with Crippen LogP contribution in [0.2, 0.25) is 0 Å². The standard InChI is InChI=1S/C14H20N2O4S.C2HF3O2/c1-2-19-13-10-16(12-6-4-8-20-14(12)13)21(17,18)11-5-3-7-15-9-11;3-2(4,5)1(6)7/h3,5,7,9,12-14H,2,4,6,8,10H2,1H3;(H,6,7)/t12-,13-,14+;/m1./s1. The zero-order chi connectivity index (χ0) is 20.9. The number of ether oxygens (including phenoxy) is 2. The summed E-state index contributed by atoms with van der Waals surface area (Å²) in [6.07, 6.45) is -0.787. The Morgan fingerprint density at radius 1 is 1.46 bits per heavy atom. The zero-order valence-corrected chi connectivity index (χ0v) is 15.8. The molecule has 3 heterocycles. The van der Waals surface area contributed by atoms with E-state index in [-0.39, 0.29) is 23.1 Å². The van der Waals surface area contributed by atoms with Crippen LogP contribution in [-0.2, 0) is 24.3 Å². The molecule has 0 bridgehead atoms. The third kappa shape index (κ3) is 5.19. The Hall–Kier alpha value is -1.76. The second kappa shape index (κ2) is 9.16. The van der Waals surface area contributed by atoms with Gasteiger partial charge in [-0.2, -0.15) is 17.5 Å². The number of rotatable bonds is 4. The number of fused-ring (bicyclic) bond motifs is 1. The smallest absolute Gasteiger partial charge is 0.475 e. The van der Waals surface area contributed by atoms with E-state index in [9.17, 15) is 21.6 Å². The van der Waals surface area contributed by atoms with Gasteiger partial charge in [0.15, 0.2) is 0 Å². The molecule has 12 heteroatoms. The van der Waals surface area contributed by atoms with Crippen molar-refractivity contribution in [3.8, 4) is 0 Å². The maximum absolute atomic E-state index is 12.8. The van der Waals surface area contributed by atoms with Crippen molar-refractivity contribution in [2.75, 3.05) is 19.8 Å². The van der Waals surface area contributed by atoms with E-state index in [1.54, 1.807) is 18.3 Å². The van der Waals surface area contributed by atoms with Gasteiger partial charge in [-0.05, 0) is 31.9 Å². The largest absolute Gasteiger partial charge is 0.490 e. The van der Waals surface area contributed by atoms with E-state index >= 15 is 0 Å². The predicted octanol–water partition coefficient (Wildman–Crippen LogP) is 1.67. The van der Waals surface area contributed by atoms with Crippen LogP contribution in [0.4, 0.5) is 13.2 Å². The molecule has 0 aliphatic carbocycles. The highest BCUT2D eigenvalue weighted by Crippen LogP contribution is 2.34. The minimum atomic E-state index is -5.08. The number of nitrogens with zero attached hydrogens (tertiary/aromatic N) is 2. The molecule has 8 nitrogen and oxygen atoms in total. The van der Waals surface area contributed by atoms with Gasteiger partial charge in [-0.3, -0.25) is 4.98 Å². The van der Waals surface area contributed by atoms with Gasteiger partial charge in [0.25, 0.3) is 0 Å². The van der Waals surface area contributed by atoms with Gasteiger partial charge >= 0.3 is 12.1 Å². The lowest BCUT2D eigenvalue weighted by Gasteiger charge is -2.31. The summed E-state index contributed by atoms with van der Waals surface area (Å²) in [5, 5.41) is 7.12. The Kier molecular flexibility index (Phi) is 7.37. The maximum atomic E-state index is 12.8. The van der Waals surface area contributed by atoms with Crippen LogP contribution in [-0.4, -0.2) is 73.0 Å². The molecule has 1 N–H and O–H groups in total. The van der Waals surface area contributed by atoms with Crippen molar-refractivity contribution < 1.29 is 41.0 Å². The van der Waals surface area contributed by atoms with E-state index in [2.05, 4.69) is 4.98 Å². The van der Waals surface area contributed by atoms with Crippen LogP contribution >= 0.6 is 0 Å². The molecular weight excluding hydrogens is 405 g/mol. The number of aromatic nitrogens is 1. The van der Waals surface area contributed by atoms with Crippen LogP contribution in [0.1, 0.15) is 19.8 Å². The van der Waals surface area contributed by atoms with Crippen LogP contribution in [0.25, 0.3) is 0 Å². The molecule has 0 aromatic carbocycles. The number of aliphatic carboxylic acids is 1. The van der Waals surface area contributed by atoms with E-state index in [0.717, 1.165) is 12.8 Å². The van der Waals surface area contributed by atoms with Crippen molar-refractivity contribution in [2.24, 2.45) is 0 Å². The lowest BCUT2D eigenvalue weighted by molar-refractivity contribution is -0.192. The highest BCUT2D eigenvalue weighted by atomic mass is 32.2. The molecule has 0 radical (unpaired) electrons. The van der Waals surface area contributed by atoms with E-state index in [0.29, 0.717) is 19.8 Å². The molecule has 1 aromatic rings. The number of hydrogen-bond acceptors (Lipinski definition) is 6. The number of halogens is 3. The lowest BCUT2D eigenvalue weighted by atomic mass is 10.0. The van der Waals surface area contributed by atoms with Crippen LogP contribution in [0.5, 0.6) is 0 Å². The Morgan fingerprint density at radius 2 is 2.14 bits per heavy atom. The number of alkyl halides is 3. The quantitative estimate of drug-likeness (QED) is 0.781. The second-order valence-electron chi connectivity index (χ2n) is 6.11. The lowest BCUT2D eigenvalue weighted by Crippen LogP contribution is -2.43. The van der Waals surface area contributed by atoms with E-state index in [1.165, 1.54) is 10.5 Å². The Bertz CT molecular complexity index is 759. The van der Waals surface area contributed by atoms with Gasteiger partial charge in [0, 0.05) is 32.2 Å². The maximum Gasteiger partial charge on any atom is 0.490 e. The summed E-state index contributed by atoms with van der Waals surface area (Å²) >= 11 is 0. The summed E-state index contributed by atoms with van der Waals surface area (Å²) in [4.78, 5) is 13.0. The molecule has 3 atom stereocenters. The van der Waals surface area contributed by atoms with Gasteiger partial charge in [0.05, 0.1) is 12.1 Å². The van der Waals surface area contributed by atoms with E-state index in [1.807, 2.05) is 6.92 Å². The second-order valence-corrected chi connectivity index (χ2v) is 8.00. The highest BCUT2D eigenvalue weighted by Gasteiger charge is 2.49. The molecule has 1 aromatic heterocycles. The number of carbonyl (C=O) groups is 1. The minimum absolute atomic E-state index is 0.138. The van der Waals surface area contributed by atoms with Crippen LogP contribution in [0.3, 0.4) is 0 Å². The van der Waals surface area contributed by atoms with Crippen molar-refractivity contribution >= 4 is 16.0 Å². The molecule has 3 rings (SSSR count). The number of carboxylic acids is 1. The summed E-state index contributed by atoms with van der Waals surface area (Å²) in [6.45, 7) is 3.49. The van der Waals surface area contributed by atoms with Gasteiger partial charge < -0.3 is 14.6 Å². The number of carboxylic acid groups (broad SMARTS) is 1. The van der Waals surface area contributed by atoms with Gasteiger partial charge in [0.1, 0.15) is 11.0 Å². The molecule has 0 spiro atoms. The monoisotopic (exact) mass is 426 g/mol. The van der Waals surface area contributed by atoms with E-state index in [4.69, 9.17) is 19.4 Å². The average Bonchev–Trinajstić information content (AvgIpc) is 3.02. The van der Waals surface area contributed by atoms with Gasteiger partial charge in [-0.1, -0.05) is 0 Å². The fraction of sp³-hybridized carbons (Fsp3) is 0.625. The molecule has 2 aliphatic heterocycles. The first-order valence-corrected chi connectivity index (χ1v) is 9.98. The molecular formula is C16H21F3N2O6S. The summed E-state index contributed by atoms with van der Waals surface area (Å²) < 4.78 is 70.4. The van der Waals surface area contributed by atoms with Crippen LogP contribution in [0, 0.1) is 0 Å². The van der Waals surface area contributed by atoms with Crippen LogP contribution in [0.15, 0.2) is 29.4 Å². The summed E-state index contributed by atoms with van der Waals surface area (Å²) in [5.41, 5.74) is 0. The summed E-state index contributed by atoms with van der Waals surface area (Å²) in [6, 6.07) is 3.08. The average molecular weight is 426 g/mol. The van der Waals surface area contributed by atoms with Crippen molar-refractivity contribution in [1.82, 2.24) is 9.29 Å². The Balaban J connectivity index is 0.000000345. The topological polar surface area (TPSA) is 106 Å². The molecule has 2 saturated heterocycles. The molecule has 0 saturated carbocycles. The van der Waals surface area contributed by atoms with Crippen molar-refractivity contribution in [2.45, 2.75) is 49.1 Å². The third-order valence-electron chi connectivity index (χ3n) is 4.29. The summed E-state index contributed by atoms with van der Waals surface area (Å²) in [7, 11) is -3.55. The first kappa shape index (κ1) is 22.5. The molecule has 158 valence electrons. The molecule has 2 aliphatic rings. The highest BCUT2D eigenvalue weighted by molar-refractivity contribution is 7.89. The molecule has 0 amide bonds. The zero-order valence-electron chi connectivity index (χ0n) is 15.0. The Morgan fingerprint density at radius 3 is 2.68 bits per heavy atom. The molecule has 2 fully saturated rings. The number of pyridine rings is 1. The van der Waals surface area contributed by atoms with Crippen molar-refractivity contribution in [3.63, 3.8) is 0 Å². The number of hydrogen-bond donors (Lipinski definition) is 1. The third-order valence-corrected chi connectivity index (χ3v) is 6.17. The normalized spacial score (nSPS) is 25.5. The fourth-order valence-corrected chi connectivity index (χ4v) is 4.78. The Labute approximate surface area is 160 Å². The summed E-state index contributed by atoms with van der Waals surface area (Å²) in [5.74, 6) is -2.76.